The fourth-order valence-electron chi connectivity index (χ4n) is 3.52. The highest BCUT2D eigenvalue weighted by Gasteiger charge is 2.59. The lowest BCUT2D eigenvalue weighted by atomic mass is 9.82. The highest BCUT2D eigenvalue weighted by atomic mass is 19.3. The third kappa shape index (κ3) is 3.69. The van der Waals surface area contributed by atoms with Crippen LogP contribution >= 0.6 is 0 Å². The van der Waals surface area contributed by atoms with Gasteiger partial charge in [0.15, 0.2) is 6.29 Å². The largest absolute Gasteiger partial charge is 0.435 e. The summed E-state index contributed by atoms with van der Waals surface area (Å²) in [4.78, 5) is 12.5. The number of hydrogen-bond donors (Lipinski definition) is 2. The average molecular weight is 356 g/mol. The molecule has 2 fully saturated rings. The second-order valence-corrected chi connectivity index (χ2v) is 6.49. The Morgan fingerprint density at radius 1 is 1.32 bits per heavy atom. The van der Waals surface area contributed by atoms with Gasteiger partial charge in [-0.15, -0.1) is 0 Å². The number of halogens is 2. The van der Waals surface area contributed by atoms with E-state index in [1.807, 2.05) is 6.92 Å². The van der Waals surface area contributed by atoms with Crippen LogP contribution in [0.1, 0.15) is 19.8 Å². The molecule has 3 unspecified atom stereocenters. The zero-order valence-corrected chi connectivity index (χ0v) is 14.1. The second kappa shape index (κ2) is 7.13. The van der Waals surface area contributed by atoms with Gasteiger partial charge in [-0.3, -0.25) is 0 Å². The van der Waals surface area contributed by atoms with Crippen LogP contribution in [0.2, 0.25) is 0 Å². The van der Waals surface area contributed by atoms with Crippen molar-refractivity contribution in [3.8, 4) is 5.75 Å². The van der Waals surface area contributed by atoms with Crippen molar-refractivity contribution in [2.75, 3.05) is 19.0 Å². The van der Waals surface area contributed by atoms with Crippen LogP contribution in [0.15, 0.2) is 24.3 Å². The first-order chi connectivity index (χ1) is 12.0. The lowest BCUT2D eigenvalue weighted by molar-refractivity contribution is -0.127. The van der Waals surface area contributed by atoms with Crippen LogP contribution < -0.4 is 15.4 Å². The minimum absolute atomic E-state index is 0.0349. The van der Waals surface area contributed by atoms with E-state index in [9.17, 15) is 13.6 Å². The number of carbonyl (C=O) groups is 1. The summed E-state index contributed by atoms with van der Waals surface area (Å²) in [5, 5.41) is 5.77. The molecule has 1 aliphatic carbocycles. The van der Waals surface area contributed by atoms with Crippen molar-refractivity contribution in [1.29, 1.82) is 0 Å². The predicted octanol–water partition coefficient (Wildman–Crippen LogP) is 3.20. The molecular formula is C17H22F2N2O4. The number of carbonyl (C=O) groups excluding carboxylic acids is 1. The van der Waals surface area contributed by atoms with Crippen LogP contribution in [0.5, 0.6) is 5.75 Å². The molecule has 1 aromatic carbocycles. The molecule has 2 aliphatic rings. The molecule has 6 nitrogen and oxygen atoms in total. The van der Waals surface area contributed by atoms with E-state index in [4.69, 9.17) is 9.47 Å². The molecule has 3 atom stereocenters. The first-order valence-electron chi connectivity index (χ1n) is 8.24. The van der Waals surface area contributed by atoms with Gasteiger partial charge in [0.25, 0.3) is 0 Å². The van der Waals surface area contributed by atoms with E-state index >= 15 is 0 Å². The number of amides is 2. The maximum Gasteiger partial charge on any atom is 0.387 e. The van der Waals surface area contributed by atoms with Gasteiger partial charge in [0.2, 0.25) is 0 Å². The number of hydrogen-bond acceptors (Lipinski definition) is 4. The van der Waals surface area contributed by atoms with Crippen molar-refractivity contribution in [3.05, 3.63) is 24.3 Å². The van der Waals surface area contributed by atoms with Gasteiger partial charge in [0.1, 0.15) is 11.3 Å². The van der Waals surface area contributed by atoms with Gasteiger partial charge < -0.3 is 24.8 Å². The van der Waals surface area contributed by atoms with E-state index < -0.39 is 18.4 Å². The van der Waals surface area contributed by atoms with E-state index in [0.29, 0.717) is 18.2 Å². The summed E-state index contributed by atoms with van der Waals surface area (Å²) in [6.45, 7) is -0.321. The number of alkyl halides is 2. The highest BCUT2D eigenvalue weighted by molar-refractivity contribution is 5.90. The molecule has 1 heterocycles. The van der Waals surface area contributed by atoms with E-state index in [-0.39, 0.29) is 17.7 Å². The molecule has 1 aromatic rings. The summed E-state index contributed by atoms with van der Waals surface area (Å²) in [5.41, 5.74) is -0.0806. The van der Waals surface area contributed by atoms with Crippen LogP contribution in [0.3, 0.4) is 0 Å². The SMILES string of the molecule is COC1OCC(C)C1(NC(=O)Nc1ccc(OC(F)F)cc1)C1CC1. The number of anilines is 1. The van der Waals surface area contributed by atoms with Crippen molar-refractivity contribution in [1.82, 2.24) is 5.32 Å². The number of ether oxygens (including phenoxy) is 3. The van der Waals surface area contributed by atoms with Gasteiger partial charge in [-0.05, 0) is 43.0 Å². The Hall–Kier alpha value is -1.93. The van der Waals surface area contributed by atoms with Crippen LogP contribution in [0.25, 0.3) is 0 Å². The highest BCUT2D eigenvalue weighted by Crippen LogP contribution is 2.49. The summed E-state index contributed by atoms with van der Waals surface area (Å²) >= 11 is 0. The summed E-state index contributed by atoms with van der Waals surface area (Å²) in [5.74, 6) is 0.479. The Morgan fingerprint density at radius 2 is 2.00 bits per heavy atom. The van der Waals surface area contributed by atoms with Crippen LogP contribution in [-0.4, -0.2) is 38.2 Å². The summed E-state index contributed by atoms with van der Waals surface area (Å²) in [7, 11) is 1.57. The van der Waals surface area contributed by atoms with Crippen LogP contribution in [0, 0.1) is 11.8 Å². The number of rotatable bonds is 6. The Balaban J connectivity index is 1.66. The number of methoxy groups -OCH3 is 1. The Morgan fingerprint density at radius 3 is 2.56 bits per heavy atom. The lowest BCUT2D eigenvalue weighted by Gasteiger charge is -2.37. The van der Waals surface area contributed by atoms with Gasteiger partial charge in [-0.25, -0.2) is 4.79 Å². The molecule has 2 N–H and O–H groups in total. The summed E-state index contributed by atoms with van der Waals surface area (Å²) < 4.78 is 39.7. The van der Waals surface area contributed by atoms with Crippen molar-refractivity contribution in [3.63, 3.8) is 0 Å². The molecule has 2 amide bonds. The van der Waals surface area contributed by atoms with E-state index in [1.54, 1.807) is 7.11 Å². The molecule has 1 aliphatic heterocycles. The molecule has 138 valence electrons. The lowest BCUT2D eigenvalue weighted by Crippen LogP contribution is -2.60. The number of nitrogens with one attached hydrogen (secondary N) is 2. The first kappa shape index (κ1) is 17.9. The topological polar surface area (TPSA) is 68.8 Å². The summed E-state index contributed by atoms with van der Waals surface area (Å²) in [6, 6.07) is 5.37. The van der Waals surface area contributed by atoms with Crippen molar-refractivity contribution in [2.24, 2.45) is 11.8 Å². The van der Waals surface area contributed by atoms with Crippen LogP contribution in [0.4, 0.5) is 19.3 Å². The molecule has 0 bridgehead atoms. The standard InChI is InChI=1S/C17H22F2N2O4/c1-10-9-24-14(23-2)17(10,11-3-4-11)21-16(22)20-12-5-7-13(8-6-12)25-15(18)19/h5-8,10-11,14-15H,3-4,9H2,1-2H3,(H2,20,21,22). The second-order valence-electron chi connectivity index (χ2n) is 6.49. The molecular weight excluding hydrogens is 334 g/mol. The molecule has 0 aromatic heterocycles. The number of urea groups is 1. The van der Waals surface area contributed by atoms with Gasteiger partial charge in [-0.2, -0.15) is 8.78 Å². The minimum Gasteiger partial charge on any atom is -0.435 e. The molecule has 1 saturated carbocycles. The van der Waals surface area contributed by atoms with E-state index in [0.717, 1.165) is 12.8 Å². The predicted molar refractivity (Wildman–Crippen MR) is 86.6 cm³/mol. The Kier molecular flexibility index (Phi) is 5.10. The summed E-state index contributed by atoms with van der Waals surface area (Å²) in [6.07, 6.45) is 1.56. The van der Waals surface area contributed by atoms with Crippen molar-refractivity contribution < 1.29 is 27.8 Å². The monoisotopic (exact) mass is 356 g/mol. The molecule has 0 radical (unpaired) electrons. The fourth-order valence-corrected chi connectivity index (χ4v) is 3.52. The van der Waals surface area contributed by atoms with Gasteiger partial charge in [-0.1, -0.05) is 6.92 Å². The third-order valence-corrected chi connectivity index (χ3v) is 4.84. The van der Waals surface area contributed by atoms with Gasteiger partial charge in [0.05, 0.1) is 6.61 Å². The van der Waals surface area contributed by atoms with E-state index in [2.05, 4.69) is 15.4 Å². The van der Waals surface area contributed by atoms with Crippen molar-refractivity contribution in [2.45, 2.75) is 38.2 Å². The average Bonchev–Trinajstić information content (AvgIpc) is 3.36. The number of benzene rings is 1. The quantitative estimate of drug-likeness (QED) is 0.821. The molecule has 0 spiro atoms. The zero-order valence-electron chi connectivity index (χ0n) is 14.1. The maximum absolute atomic E-state index is 12.5. The minimum atomic E-state index is -2.88. The molecule has 3 rings (SSSR count). The molecule has 25 heavy (non-hydrogen) atoms. The fraction of sp³-hybridized carbons (Fsp3) is 0.588. The van der Waals surface area contributed by atoms with E-state index in [1.165, 1.54) is 24.3 Å². The molecule has 8 heteroatoms. The van der Waals surface area contributed by atoms with Crippen LogP contribution in [-0.2, 0) is 9.47 Å². The normalized spacial score (nSPS) is 28.8. The molecule has 1 saturated heterocycles. The smallest absolute Gasteiger partial charge is 0.387 e. The van der Waals surface area contributed by atoms with Crippen molar-refractivity contribution >= 4 is 11.7 Å². The zero-order chi connectivity index (χ0) is 18.0. The third-order valence-electron chi connectivity index (χ3n) is 4.84. The maximum atomic E-state index is 12.5. The Bertz CT molecular complexity index is 609. The van der Waals surface area contributed by atoms with Gasteiger partial charge >= 0.3 is 12.6 Å². The Labute approximate surface area is 144 Å². The first-order valence-corrected chi connectivity index (χ1v) is 8.24. The van der Waals surface area contributed by atoms with Gasteiger partial charge in [0, 0.05) is 18.7 Å².